The van der Waals surface area contributed by atoms with Gasteiger partial charge in [-0.15, -0.1) is 0 Å². The molecular formula is C18H17NO3. The summed E-state index contributed by atoms with van der Waals surface area (Å²) in [6.07, 6.45) is -0.780. The number of hydrogen-bond acceptors (Lipinski definition) is 3. The van der Waals surface area contributed by atoms with Crippen LogP contribution in [0.5, 0.6) is 0 Å². The van der Waals surface area contributed by atoms with Crippen LogP contribution in [0.3, 0.4) is 0 Å². The topological polar surface area (TPSA) is 46.6 Å². The van der Waals surface area contributed by atoms with Crippen LogP contribution in [0.1, 0.15) is 24.2 Å². The van der Waals surface area contributed by atoms with E-state index in [1.807, 2.05) is 67.6 Å². The van der Waals surface area contributed by atoms with E-state index in [1.165, 1.54) is 4.90 Å². The Morgan fingerprint density at radius 1 is 1.05 bits per heavy atom. The number of benzene rings is 2. The molecule has 22 heavy (non-hydrogen) atoms. The first-order valence-electron chi connectivity index (χ1n) is 7.28. The summed E-state index contributed by atoms with van der Waals surface area (Å²) >= 11 is 0. The van der Waals surface area contributed by atoms with Gasteiger partial charge >= 0.3 is 6.09 Å². The van der Waals surface area contributed by atoms with Crippen LogP contribution in [0.15, 0.2) is 60.7 Å². The zero-order chi connectivity index (χ0) is 15.5. The van der Waals surface area contributed by atoms with Gasteiger partial charge in [0.15, 0.2) is 0 Å². The van der Waals surface area contributed by atoms with E-state index in [1.54, 1.807) is 0 Å². The number of rotatable bonds is 3. The normalized spacial score (nSPS) is 20.8. The van der Waals surface area contributed by atoms with Gasteiger partial charge < -0.3 is 4.74 Å². The molecule has 0 aliphatic carbocycles. The molecule has 4 heteroatoms. The first-order chi connectivity index (χ1) is 10.7. The number of carbonyl (C=O) groups is 2. The van der Waals surface area contributed by atoms with Crippen LogP contribution in [-0.4, -0.2) is 22.9 Å². The van der Waals surface area contributed by atoms with Crippen molar-refractivity contribution in [2.24, 2.45) is 0 Å². The molecule has 0 radical (unpaired) electrons. The quantitative estimate of drug-likeness (QED) is 0.872. The highest BCUT2D eigenvalue weighted by Gasteiger charge is 2.42. The standard InChI is InChI=1S/C18H17NO3/c1-13-17(15-10-6-3-7-11-15)22-18(21)19(13)16(20)12-14-8-4-2-5-9-14/h2-11,13,17H,12H2,1H3. The molecular weight excluding hydrogens is 278 g/mol. The minimum absolute atomic E-state index is 0.196. The van der Waals surface area contributed by atoms with Gasteiger partial charge in [0.25, 0.3) is 0 Å². The Bertz CT molecular complexity index is 669. The summed E-state index contributed by atoms with van der Waals surface area (Å²) < 4.78 is 5.40. The molecule has 0 N–H and O–H groups in total. The van der Waals surface area contributed by atoms with Crippen molar-refractivity contribution in [3.8, 4) is 0 Å². The fourth-order valence-electron chi connectivity index (χ4n) is 2.74. The largest absolute Gasteiger partial charge is 0.439 e. The second-order valence-electron chi connectivity index (χ2n) is 5.38. The predicted octanol–water partition coefficient (Wildman–Crippen LogP) is 3.34. The van der Waals surface area contributed by atoms with Crippen LogP contribution in [-0.2, 0) is 16.0 Å². The van der Waals surface area contributed by atoms with E-state index in [-0.39, 0.29) is 18.4 Å². The summed E-state index contributed by atoms with van der Waals surface area (Å²) in [5.41, 5.74) is 1.79. The van der Waals surface area contributed by atoms with E-state index in [0.717, 1.165) is 11.1 Å². The second-order valence-corrected chi connectivity index (χ2v) is 5.38. The average Bonchev–Trinajstić information content (AvgIpc) is 2.84. The van der Waals surface area contributed by atoms with Crippen LogP contribution in [0.2, 0.25) is 0 Å². The van der Waals surface area contributed by atoms with Gasteiger partial charge in [-0.25, -0.2) is 9.69 Å². The van der Waals surface area contributed by atoms with Crippen LogP contribution in [0.25, 0.3) is 0 Å². The molecule has 0 saturated carbocycles. The number of hydrogen-bond donors (Lipinski definition) is 0. The smallest absolute Gasteiger partial charge is 0.417 e. The fourth-order valence-corrected chi connectivity index (χ4v) is 2.74. The lowest BCUT2D eigenvalue weighted by molar-refractivity contribution is -0.128. The van der Waals surface area contributed by atoms with E-state index in [2.05, 4.69) is 0 Å². The summed E-state index contributed by atoms with van der Waals surface area (Å²) in [6.45, 7) is 1.84. The molecule has 1 fully saturated rings. The third kappa shape index (κ3) is 2.72. The van der Waals surface area contributed by atoms with Gasteiger partial charge in [0, 0.05) is 0 Å². The van der Waals surface area contributed by atoms with Gasteiger partial charge in [0.2, 0.25) is 5.91 Å². The number of ether oxygens (including phenoxy) is 1. The van der Waals surface area contributed by atoms with Gasteiger partial charge in [-0.2, -0.15) is 0 Å². The zero-order valence-corrected chi connectivity index (χ0v) is 12.3. The van der Waals surface area contributed by atoms with Crippen LogP contribution in [0.4, 0.5) is 4.79 Å². The first kappa shape index (κ1) is 14.3. The van der Waals surface area contributed by atoms with Crippen molar-refractivity contribution in [1.29, 1.82) is 0 Å². The number of cyclic esters (lactones) is 1. The van der Waals surface area contributed by atoms with Crippen LogP contribution in [0, 0.1) is 0 Å². The molecule has 4 nitrogen and oxygen atoms in total. The lowest BCUT2D eigenvalue weighted by atomic mass is 10.0. The van der Waals surface area contributed by atoms with Crippen molar-refractivity contribution in [2.45, 2.75) is 25.5 Å². The van der Waals surface area contributed by atoms with Crippen molar-refractivity contribution in [3.63, 3.8) is 0 Å². The highest BCUT2D eigenvalue weighted by atomic mass is 16.6. The molecule has 1 aliphatic heterocycles. The Morgan fingerprint density at radius 3 is 2.27 bits per heavy atom. The molecule has 1 saturated heterocycles. The molecule has 1 heterocycles. The van der Waals surface area contributed by atoms with Crippen molar-refractivity contribution in [1.82, 2.24) is 4.90 Å². The Morgan fingerprint density at radius 2 is 1.64 bits per heavy atom. The lowest BCUT2D eigenvalue weighted by Crippen LogP contribution is -2.38. The minimum Gasteiger partial charge on any atom is -0.439 e. The van der Waals surface area contributed by atoms with Crippen LogP contribution >= 0.6 is 0 Å². The second kappa shape index (κ2) is 6.02. The molecule has 0 aromatic heterocycles. The molecule has 2 unspecified atom stereocenters. The Balaban J connectivity index is 1.77. The van der Waals surface area contributed by atoms with E-state index in [0.29, 0.717) is 0 Å². The molecule has 0 bridgehead atoms. The molecule has 3 rings (SSSR count). The molecule has 2 aromatic rings. The highest BCUT2D eigenvalue weighted by molar-refractivity contribution is 5.94. The fraction of sp³-hybridized carbons (Fsp3) is 0.222. The van der Waals surface area contributed by atoms with E-state index >= 15 is 0 Å². The minimum atomic E-state index is -0.567. The molecule has 2 aromatic carbocycles. The Hall–Kier alpha value is -2.62. The lowest BCUT2D eigenvalue weighted by Gasteiger charge is -2.19. The first-order valence-corrected chi connectivity index (χ1v) is 7.28. The monoisotopic (exact) mass is 295 g/mol. The summed E-state index contributed by atoms with van der Waals surface area (Å²) in [5, 5.41) is 0. The van der Waals surface area contributed by atoms with Crippen molar-refractivity contribution in [3.05, 3.63) is 71.8 Å². The van der Waals surface area contributed by atoms with Gasteiger partial charge in [-0.3, -0.25) is 4.79 Å². The molecule has 2 amide bonds. The predicted molar refractivity (Wildman–Crippen MR) is 82.1 cm³/mol. The number of amides is 2. The van der Waals surface area contributed by atoms with Gasteiger partial charge in [0.05, 0.1) is 12.5 Å². The highest BCUT2D eigenvalue weighted by Crippen LogP contribution is 2.32. The summed E-state index contributed by atoms with van der Waals surface area (Å²) in [7, 11) is 0. The average molecular weight is 295 g/mol. The maximum Gasteiger partial charge on any atom is 0.417 e. The van der Waals surface area contributed by atoms with Gasteiger partial charge in [-0.05, 0) is 18.1 Å². The maximum absolute atomic E-state index is 12.4. The van der Waals surface area contributed by atoms with Gasteiger partial charge in [-0.1, -0.05) is 60.7 Å². The van der Waals surface area contributed by atoms with E-state index in [4.69, 9.17) is 4.74 Å². The van der Waals surface area contributed by atoms with Crippen molar-refractivity contribution < 1.29 is 14.3 Å². The third-order valence-electron chi connectivity index (χ3n) is 3.86. The van der Waals surface area contributed by atoms with Crippen LogP contribution < -0.4 is 0 Å². The number of carbonyl (C=O) groups excluding carboxylic acids is 2. The van der Waals surface area contributed by atoms with E-state index < -0.39 is 12.2 Å². The molecule has 2 atom stereocenters. The molecule has 0 spiro atoms. The SMILES string of the molecule is CC1C(c2ccccc2)OC(=O)N1C(=O)Cc1ccccc1. The van der Waals surface area contributed by atoms with Gasteiger partial charge in [0.1, 0.15) is 6.10 Å². The Kier molecular flexibility index (Phi) is 3.92. The summed E-state index contributed by atoms with van der Waals surface area (Å²) in [6, 6.07) is 18.6. The Labute approximate surface area is 129 Å². The summed E-state index contributed by atoms with van der Waals surface area (Å²) in [5.74, 6) is -0.234. The molecule has 112 valence electrons. The third-order valence-corrected chi connectivity index (χ3v) is 3.86. The number of nitrogens with zero attached hydrogens (tertiary/aromatic N) is 1. The zero-order valence-electron chi connectivity index (χ0n) is 12.3. The maximum atomic E-state index is 12.4. The van der Waals surface area contributed by atoms with Crippen molar-refractivity contribution >= 4 is 12.0 Å². The summed E-state index contributed by atoms with van der Waals surface area (Å²) in [4.78, 5) is 25.7. The molecule has 1 aliphatic rings. The number of imide groups is 1. The van der Waals surface area contributed by atoms with E-state index in [9.17, 15) is 9.59 Å². The van der Waals surface area contributed by atoms with Crippen molar-refractivity contribution in [2.75, 3.05) is 0 Å².